The number of aryl methyl sites for hydroxylation is 1. The fraction of sp³-hybridized carbons (Fsp3) is 0.200. The maximum Gasteiger partial charge on any atom is 0.143 e. The molecule has 0 saturated heterocycles. The zero-order valence-electron chi connectivity index (χ0n) is 8.50. The number of aromatic nitrogens is 2. The number of hydrogen-bond donors (Lipinski definition) is 1. The van der Waals surface area contributed by atoms with Crippen LogP contribution in [0.15, 0.2) is 22.8 Å². The number of rotatable bonds is 3. The molecule has 0 radical (unpaired) electrons. The summed E-state index contributed by atoms with van der Waals surface area (Å²) in [7, 11) is 0. The van der Waals surface area contributed by atoms with Crippen molar-refractivity contribution in [2.45, 2.75) is 13.5 Å². The molecule has 0 aliphatic rings. The van der Waals surface area contributed by atoms with Crippen molar-refractivity contribution < 1.29 is 9.02 Å². The highest BCUT2D eigenvalue weighted by Crippen LogP contribution is 2.19. The lowest BCUT2D eigenvalue weighted by Crippen LogP contribution is -2.01. The van der Waals surface area contributed by atoms with Crippen LogP contribution in [-0.4, -0.2) is 10.3 Å². The van der Waals surface area contributed by atoms with Crippen LogP contribution in [0.25, 0.3) is 0 Å². The molecule has 0 bridgehead atoms. The highest BCUT2D eigenvalue weighted by atomic mass is 35.5. The first-order valence-electron chi connectivity index (χ1n) is 4.64. The van der Waals surface area contributed by atoms with Gasteiger partial charge in [-0.1, -0.05) is 21.9 Å². The Balaban J connectivity index is 2.05. The molecule has 2 rings (SSSR count). The fourth-order valence-corrected chi connectivity index (χ4v) is 1.32. The van der Waals surface area contributed by atoms with Gasteiger partial charge in [0.25, 0.3) is 0 Å². The van der Waals surface area contributed by atoms with Gasteiger partial charge in [0.1, 0.15) is 17.2 Å². The molecule has 0 amide bonds. The molecule has 1 N–H and O–H groups in total. The van der Waals surface area contributed by atoms with Crippen molar-refractivity contribution in [1.29, 1.82) is 0 Å². The van der Waals surface area contributed by atoms with E-state index in [4.69, 9.17) is 11.6 Å². The molecular weight excluding hydrogens is 233 g/mol. The number of anilines is 1. The molecule has 84 valence electrons. The van der Waals surface area contributed by atoms with Gasteiger partial charge < -0.3 is 5.32 Å². The molecule has 0 atom stereocenters. The standard InChI is InChI=1S/C10H9ClFN3O/c1-6-10(15-16-14-6)5-13-7-2-3-8(11)9(12)4-7/h2-4,13H,5H2,1H3. The van der Waals surface area contributed by atoms with E-state index in [1.54, 1.807) is 13.0 Å². The second kappa shape index (κ2) is 4.49. The Bertz CT molecular complexity index is 501. The molecule has 0 aliphatic carbocycles. The van der Waals surface area contributed by atoms with E-state index in [0.717, 1.165) is 0 Å². The van der Waals surface area contributed by atoms with Crippen LogP contribution < -0.4 is 5.32 Å². The zero-order valence-corrected chi connectivity index (χ0v) is 9.25. The Kier molecular flexibility index (Phi) is 3.05. The van der Waals surface area contributed by atoms with E-state index < -0.39 is 5.82 Å². The summed E-state index contributed by atoms with van der Waals surface area (Å²) in [6, 6.07) is 4.51. The van der Waals surface area contributed by atoms with Gasteiger partial charge >= 0.3 is 0 Å². The summed E-state index contributed by atoms with van der Waals surface area (Å²) in [5, 5.41) is 10.4. The molecule has 1 heterocycles. The molecule has 0 spiro atoms. The van der Waals surface area contributed by atoms with Crippen LogP contribution in [-0.2, 0) is 6.54 Å². The van der Waals surface area contributed by atoms with Gasteiger partial charge in [-0.25, -0.2) is 9.02 Å². The topological polar surface area (TPSA) is 51.0 Å². The first kappa shape index (κ1) is 10.9. The monoisotopic (exact) mass is 241 g/mol. The molecular formula is C10H9ClFN3O. The second-order valence-corrected chi connectivity index (χ2v) is 3.69. The van der Waals surface area contributed by atoms with E-state index in [0.29, 0.717) is 23.6 Å². The first-order chi connectivity index (χ1) is 7.66. The summed E-state index contributed by atoms with van der Waals surface area (Å²) in [5.41, 5.74) is 2.03. The minimum absolute atomic E-state index is 0.102. The van der Waals surface area contributed by atoms with Gasteiger partial charge in [0.15, 0.2) is 0 Å². The van der Waals surface area contributed by atoms with E-state index in [2.05, 4.69) is 20.3 Å². The maximum atomic E-state index is 13.1. The number of benzene rings is 1. The molecule has 0 aliphatic heterocycles. The molecule has 0 fully saturated rings. The lowest BCUT2D eigenvalue weighted by molar-refractivity contribution is 0.301. The van der Waals surface area contributed by atoms with Gasteiger partial charge in [0.2, 0.25) is 0 Å². The van der Waals surface area contributed by atoms with Crippen molar-refractivity contribution >= 4 is 17.3 Å². The van der Waals surface area contributed by atoms with E-state index >= 15 is 0 Å². The Morgan fingerprint density at radius 3 is 2.88 bits per heavy atom. The maximum absolute atomic E-state index is 13.1. The van der Waals surface area contributed by atoms with Crippen LogP contribution in [0, 0.1) is 12.7 Å². The molecule has 0 unspecified atom stereocenters. The Morgan fingerprint density at radius 2 is 2.25 bits per heavy atom. The van der Waals surface area contributed by atoms with Crippen LogP contribution in [0.2, 0.25) is 5.02 Å². The lowest BCUT2D eigenvalue weighted by atomic mass is 10.3. The van der Waals surface area contributed by atoms with Crippen LogP contribution in [0.4, 0.5) is 10.1 Å². The molecule has 0 saturated carbocycles. The third kappa shape index (κ3) is 2.30. The van der Waals surface area contributed by atoms with E-state index in [1.165, 1.54) is 12.1 Å². The van der Waals surface area contributed by atoms with Crippen molar-refractivity contribution in [3.8, 4) is 0 Å². The quantitative estimate of drug-likeness (QED) is 0.898. The van der Waals surface area contributed by atoms with Crippen molar-refractivity contribution in [2.24, 2.45) is 0 Å². The Hall–Kier alpha value is -1.62. The van der Waals surface area contributed by atoms with Crippen molar-refractivity contribution in [3.63, 3.8) is 0 Å². The molecule has 6 heteroatoms. The largest absolute Gasteiger partial charge is 0.379 e. The minimum atomic E-state index is -0.457. The first-order valence-corrected chi connectivity index (χ1v) is 5.01. The molecule has 16 heavy (non-hydrogen) atoms. The number of nitrogens with zero attached hydrogens (tertiary/aromatic N) is 2. The molecule has 2 aromatic rings. The summed E-state index contributed by atoms with van der Waals surface area (Å²) >= 11 is 5.57. The Morgan fingerprint density at radius 1 is 1.44 bits per heavy atom. The summed E-state index contributed by atoms with van der Waals surface area (Å²) in [5.74, 6) is -0.457. The minimum Gasteiger partial charge on any atom is -0.379 e. The highest BCUT2D eigenvalue weighted by molar-refractivity contribution is 6.30. The van der Waals surface area contributed by atoms with Crippen LogP contribution in [0.1, 0.15) is 11.4 Å². The molecule has 1 aromatic carbocycles. The van der Waals surface area contributed by atoms with E-state index in [-0.39, 0.29) is 5.02 Å². The lowest BCUT2D eigenvalue weighted by Gasteiger charge is -2.04. The van der Waals surface area contributed by atoms with Gasteiger partial charge in [-0.3, -0.25) is 0 Å². The summed E-state index contributed by atoms with van der Waals surface area (Å²) in [4.78, 5) is 0. The normalized spacial score (nSPS) is 10.4. The smallest absolute Gasteiger partial charge is 0.143 e. The van der Waals surface area contributed by atoms with Crippen LogP contribution >= 0.6 is 11.6 Å². The van der Waals surface area contributed by atoms with E-state index in [9.17, 15) is 4.39 Å². The predicted octanol–water partition coefficient (Wildman–Crippen LogP) is 2.78. The third-order valence-electron chi connectivity index (χ3n) is 2.13. The molecule has 1 aromatic heterocycles. The fourth-order valence-electron chi connectivity index (χ4n) is 1.20. The average molecular weight is 242 g/mol. The van der Waals surface area contributed by atoms with Gasteiger partial charge in [-0.2, -0.15) is 0 Å². The summed E-state index contributed by atoms with van der Waals surface area (Å²) in [6.07, 6.45) is 0. The second-order valence-electron chi connectivity index (χ2n) is 3.28. The summed E-state index contributed by atoms with van der Waals surface area (Å²) in [6.45, 7) is 2.21. The highest BCUT2D eigenvalue weighted by Gasteiger charge is 2.05. The summed E-state index contributed by atoms with van der Waals surface area (Å²) < 4.78 is 17.6. The van der Waals surface area contributed by atoms with Gasteiger partial charge in [0, 0.05) is 5.69 Å². The third-order valence-corrected chi connectivity index (χ3v) is 2.43. The average Bonchev–Trinajstić information content (AvgIpc) is 2.66. The van der Waals surface area contributed by atoms with Gasteiger partial charge in [0.05, 0.1) is 11.6 Å². The number of hydrogen-bond acceptors (Lipinski definition) is 4. The van der Waals surface area contributed by atoms with Crippen molar-refractivity contribution in [3.05, 3.63) is 40.4 Å². The van der Waals surface area contributed by atoms with Crippen LogP contribution in [0.5, 0.6) is 0 Å². The van der Waals surface area contributed by atoms with Crippen molar-refractivity contribution in [1.82, 2.24) is 10.3 Å². The van der Waals surface area contributed by atoms with Gasteiger partial charge in [-0.15, -0.1) is 0 Å². The van der Waals surface area contributed by atoms with Gasteiger partial charge in [-0.05, 0) is 25.1 Å². The zero-order chi connectivity index (χ0) is 11.5. The van der Waals surface area contributed by atoms with Crippen LogP contribution in [0.3, 0.4) is 0 Å². The number of halogens is 2. The number of nitrogens with one attached hydrogen (secondary N) is 1. The SMILES string of the molecule is Cc1nonc1CNc1ccc(Cl)c(F)c1. The predicted molar refractivity (Wildman–Crippen MR) is 57.8 cm³/mol. The van der Waals surface area contributed by atoms with Crippen molar-refractivity contribution in [2.75, 3.05) is 5.32 Å². The van der Waals surface area contributed by atoms with E-state index in [1.807, 2.05) is 0 Å². The molecule has 4 nitrogen and oxygen atoms in total. The Labute approximate surface area is 96.4 Å².